The lowest BCUT2D eigenvalue weighted by atomic mass is 9.92. The number of hydrogen-bond acceptors (Lipinski definition) is 3. The van der Waals surface area contributed by atoms with Crippen molar-refractivity contribution < 1.29 is 4.42 Å². The lowest BCUT2D eigenvalue weighted by molar-refractivity contribution is 0.566. The summed E-state index contributed by atoms with van der Waals surface area (Å²) in [5.41, 5.74) is 4.56. The van der Waals surface area contributed by atoms with Crippen LogP contribution in [0.15, 0.2) is 59.3 Å². The first-order chi connectivity index (χ1) is 11.0. The minimum absolute atomic E-state index is 0.00307. The number of furan rings is 1. The summed E-state index contributed by atoms with van der Waals surface area (Å²) in [6, 6.07) is 14.3. The Morgan fingerprint density at radius 1 is 0.826 bits per heavy atom. The molecule has 0 atom stereocenters. The Hall–Kier alpha value is -2.68. The molecular weight excluding hydrogens is 284 g/mol. The molecule has 0 N–H and O–H groups in total. The molecule has 2 aromatic carbocycles. The van der Waals surface area contributed by atoms with Gasteiger partial charge in [-0.05, 0) is 12.1 Å². The van der Waals surface area contributed by atoms with Gasteiger partial charge in [-0.1, -0.05) is 51.1 Å². The lowest BCUT2D eigenvalue weighted by Gasteiger charge is -2.16. The Morgan fingerprint density at radius 2 is 1.61 bits per heavy atom. The first-order valence-corrected chi connectivity index (χ1v) is 7.77. The molecule has 3 nitrogen and oxygen atoms in total. The Morgan fingerprint density at radius 3 is 2.35 bits per heavy atom. The number of benzene rings is 2. The fourth-order valence-electron chi connectivity index (χ4n) is 2.80. The zero-order valence-electron chi connectivity index (χ0n) is 13.5. The standard InChI is InChI=1S/C20H18N2O/c1-20(2,3)18-12-21-16(11-22-18)15-9-6-8-14-13-7-4-5-10-17(13)23-19(14)15/h4-12H,1-3H3. The smallest absolute Gasteiger partial charge is 0.144 e. The highest BCUT2D eigenvalue weighted by molar-refractivity contribution is 6.09. The largest absolute Gasteiger partial charge is 0.455 e. The van der Waals surface area contributed by atoms with Crippen molar-refractivity contribution in [1.82, 2.24) is 9.97 Å². The van der Waals surface area contributed by atoms with Crippen LogP contribution in [0.3, 0.4) is 0 Å². The monoisotopic (exact) mass is 302 g/mol. The molecule has 0 fully saturated rings. The molecule has 114 valence electrons. The highest BCUT2D eigenvalue weighted by atomic mass is 16.3. The summed E-state index contributed by atoms with van der Waals surface area (Å²) >= 11 is 0. The van der Waals surface area contributed by atoms with E-state index in [1.807, 2.05) is 42.7 Å². The molecule has 0 unspecified atom stereocenters. The second-order valence-corrected chi connectivity index (χ2v) is 6.82. The van der Waals surface area contributed by atoms with Crippen molar-refractivity contribution >= 4 is 21.9 Å². The minimum Gasteiger partial charge on any atom is -0.455 e. The van der Waals surface area contributed by atoms with E-state index in [1.54, 1.807) is 0 Å². The van der Waals surface area contributed by atoms with Crippen LogP contribution in [0, 0.1) is 0 Å². The number of nitrogens with zero attached hydrogens (tertiary/aromatic N) is 2. The normalized spacial score (nSPS) is 12.1. The van der Waals surface area contributed by atoms with Gasteiger partial charge in [0.05, 0.1) is 17.6 Å². The number of rotatable bonds is 1. The van der Waals surface area contributed by atoms with Crippen LogP contribution < -0.4 is 0 Å². The van der Waals surface area contributed by atoms with E-state index in [0.717, 1.165) is 38.9 Å². The van der Waals surface area contributed by atoms with Crippen molar-refractivity contribution in [2.45, 2.75) is 26.2 Å². The van der Waals surface area contributed by atoms with Gasteiger partial charge >= 0.3 is 0 Å². The van der Waals surface area contributed by atoms with Gasteiger partial charge in [0.2, 0.25) is 0 Å². The molecule has 3 heteroatoms. The molecular formula is C20H18N2O. The first-order valence-electron chi connectivity index (χ1n) is 7.77. The highest BCUT2D eigenvalue weighted by Crippen LogP contribution is 2.34. The van der Waals surface area contributed by atoms with E-state index in [9.17, 15) is 0 Å². The molecule has 4 rings (SSSR count). The van der Waals surface area contributed by atoms with Crippen molar-refractivity contribution in [1.29, 1.82) is 0 Å². The van der Waals surface area contributed by atoms with Gasteiger partial charge in [-0.3, -0.25) is 9.97 Å². The van der Waals surface area contributed by atoms with E-state index in [2.05, 4.69) is 42.9 Å². The molecule has 2 aromatic heterocycles. The molecule has 0 aliphatic carbocycles. The van der Waals surface area contributed by atoms with E-state index < -0.39 is 0 Å². The van der Waals surface area contributed by atoms with Crippen LogP contribution in [-0.4, -0.2) is 9.97 Å². The quantitative estimate of drug-likeness (QED) is 0.476. The molecule has 0 saturated carbocycles. The van der Waals surface area contributed by atoms with Gasteiger partial charge in [0.25, 0.3) is 0 Å². The van der Waals surface area contributed by atoms with Crippen LogP contribution in [0.25, 0.3) is 33.2 Å². The molecule has 0 bridgehead atoms. The molecule has 0 aliphatic rings. The van der Waals surface area contributed by atoms with Crippen LogP contribution in [0.4, 0.5) is 0 Å². The zero-order valence-corrected chi connectivity index (χ0v) is 13.5. The number of fused-ring (bicyclic) bond motifs is 3. The van der Waals surface area contributed by atoms with Crippen molar-refractivity contribution in [3.8, 4) is 11.3 Å². The summed E-state index contributed by atoms with van der Waals surface area (Å²) in [6.07, 6.45) is 3.69. The van der Waals surface area contributed by atoms with Crippen molar-refractivity contribution in [3.63, 3.8) is 0 Å². The Labute approximate surface area is 135 Å². The summed E-state index contributed by atoms with van der Waals surface area (Å²) < 4.78 is 6.07. The van der Waals surface area contributed by atoms with Gasteiger partial charge in [0, 0.05) is 27.9 Å². The average Bonchev–Trinajstić information content (AvgIpc) is 2.93. The van der Waals surface area contributed by atoms with Crippen molar-refractivity contribution in [2.75, 3.05) is 0 Å². The zero-order chi connectivity index (χ0) is 16.0. The molecule has 0 spiro atoms. The third-order valence-corrected chi connectivity index (χ3v) is 4.10. The van der Waals surface area contributed by atoms with E-state index in [0.29, 0.717) is 0 Å². The molecule has 0 radical (unpaired) electrons. The van der Waals surface area contributed by atoms with E-state index in [-0.39, 0.29) is 5.41 Å². The summed E-state index contributed by atoms with van der Waals surface area (Å²) in [6.45, 7) is 6.41. The minimum atomic E-state index is -0.00307. The topological polar surface area (TPSA) is 38.9 Å². The summed E-state index contributed by atoms with van der Waals surface area (Å²) in [4.78, 5) is 9.20. The fourth-order valence-corrected chi connectivity index (χ4v) is 2.80. The third-order valence-electron chi connectivity index (χ3n) is 4.10. The van der Waals surface area contributed by atoms with E-state index in [4.69, 9.17) is 4.42 Å². The Kier molecular flexibility index (Phi) is 2.98. The SMILES string of the molecule is CC(C)(C)c1cnc(-c2cccc3c2oc2ccccc23)cn1. The predicted molar refractivity (Wildman–Crippen MR) is 93.4 cm³/mol. The molecule has 0 amide bonds. The van der Waals surface area contributed by atoms with Crippen LogP contribution >= 0.6 is 0 Å². The van der Waals surface area contributed by atoms with Crippen molar-refractivity contribution in [3.05, 3.63) is 60.6 Å². The van der Waals surface area contributed by atoms with Gasteiger partial charge < -0.3 is 4.42 Å². The molecule has 0 saturated heterocycles. The second-order valence-electron chi connectivity index (χ2n) is 6.82. The van der Waals surface area contributed by atoms with Crippen LogP contribution in [0.1, 0.15) is 26.5 Å². The lowest BCUT2D eigenvalue weighted by Crippen LogP contribution is -2.13. The predicted octanol–water partition coefficient (Wildman–Crippen LogP) is 5.34. The van der Waals surface area contributed by atoms with Crippen molar-refractivity contribution in [2.24, 2.45) is 0 Å². The maximum absolute atomic E-state index is 6.07. The maximum atomic E-state index is 6.07. The van der Waals surface area contributed by atoms with Gasteiger partial charge in [-0.25, -0.2) is 0 Å². The van der Waals surface area contributed by atoms with Crippen LogP contribution in [0.5, 0.6) is 0 Å². The maximum Gasteiger partial charge on any atom is 0.144 e. The first kappa shape index (κ1) is 13.9. The summed E-state index contributed by atoms with van der Waals surface area (Å²) in [5, 5.41) is 2.24. The average molecular weight is 302 g/mol. The van der Waals surface area contributed by atoms with E-state index in [1.165, 1.54) is 0 Å². The summed E-state index contributed by atoms with van der Waals surface area (Å²) in [7, 11) is 0. The number of hydrogen-bond donors (Lipinski definition) is 0. The third kappa shape index (κ3) is 2.29. The number of para-hydroxylation sites is 2. The Bertz CT molecular complexity index is 992. The second kappa shape index (κ2) is 4.92. The molecule has 0 aliphatic heterocycles. The van der Waals surface area contributed by atoms with Gasteiger partial charge in [-0.15, -0.1) is 0 Å². The van der Waals surface area contributed by atoms with Crippen LogP contribution in [-0.2, 0) is 5.41 Å². The fraction of sp³-hybridized carbons (Fsp3) is 0.200. The number of aromatic nitrogens is 2. The molecule has 4 aromatic rings. The van der Waals surface area contributed by atoms with Gasteiger partial charge in [0.15, 0.2) is 0 Å². The molecule has 2 heterocycles. The van der Waals surface area contributed by atoms with E-state index >= 15 is 0 Å². The summed E-state index contributed by atoms with van der Waals surface area (Å²) in [5.74, 6) is 0. The van der Waals surface area contributed by atoms with Crippen LogP contribution in [0.2, 0.25) is 0 Å². The highest BCUT2D eigenvalue weighted by Gasteiger charge is 2.17. The van der Waals surface area contributed by atoms with Gasteiger partial charge in [-0.2, -0.15) is 0 Å². The molecule has 23 heavy (non-hydrogen) atoms. The van der Waals surface area contributed by atoms with Gasteiger partial charge in [0.1, 0.15) is 11.2 Å². The Balaban J connectivity index is 1.92.